The summed E-state index contributed by atoms with van der Waals surface area (Å²) in [5, 5.41) is 2.74. The third-order valence-electron chi connectivity index (χ3n) is 3.63. The van der Waals surface area contributed by atoms with E-state index in [1.807, 2.05) is 13.8 Å². The van der Waals surface area contributed by atoms with Crippen molar-refractivity contribution in [2.75, 3.05) is 38.7 Å². The Morgan fingerprint density at radius 3 is 2.58 bits per heavy atom. The Balaban J connectivity index is 2.30. The summed E-state index contributed by atoms with van der Waals surface area (Å²) in [4.78, 5) is 12.0. The zero-order chi connectivity index (χ0) is 17.7. The number of methoxy groups -OCH3 is 1. The Kier molecular flexibility index (Phi) is 6.20. The molecular formula is C16H24N2O5S. The highest BCUT2D eigenvalue weighted by Crippen LogP contribution is 2.30. The molecule has 0 bridgehead atoms. The van der Waals surface area contributed by atoms with E-state index >= 15 is 0 Å². The molecule has 1 saturated heterocycles. The van der Waals surface area contributed by atoms with Crippen molar-refractivity contribution in [2.45, 2.75) is 25.2 Å². The van der Waals surface area contributed by atoms with Crippen molar-refractivity contribution < 1.29 is 22.7 Å². The lowest BCUT2D eigenvalue weighted by Gasteiger charge is -2.26. The Labute approximate surface area is 143 Å². The second-order valence-electron chi connectivity index (χ2n) is 6.03. The van der Waals surface area contributed by atoms with E-state index in [1.54, 1.807) is 12.1 Å². The average Bonchev–Trinajstić information content (AvgIpc) is 2.54. The Hall–Kier alpha value is -1.64. The molecule has 1 heterocycles. The molecule has 0 spiro atoms. The van der Waals surface area contributed by atoms with Crippen LogP contribution in [-0.2, 0) is 19.6 Å². The van der Waals surface area contributed by atoms with Gasteiger partial charge in [0, 0.05) is 25.2 Å². The molecule has 0 aliphatic carbocycles. The Morgan fingerprint density at radius 1 is 1.33 bits per heavy atom. The van der Waals surface area contributed by atoms with Crippen molar-refractivity contribution in [1.82, 2.24) is 4.31 Å². The van der Waals surface area contributed by atoms with Crippen molar-refractivity contribution in [1.29, 1.82) is 0 Å². The monoisotopic (exact) mass is 356 g/mol. The van der Waals surface area contributed by atoms with Crippen LogP contribution in [0.5, 0.6) is 5.75 Å². The molecule has 24 heavy (non-hydrogen) atoms. The van der Waals surface area contributed by atoms with Crippen LogP contribution in [0.25, 0.3) is 0 Å². The largest absolute Gasteiger partial charge is 0.495 e. The summed E-state index contributed by atoms with van der Waals surface area (Å²) in [7, 11) is -2.29. The number of carbonyl (C=O) groups is 1. The quantitative estimate of drug-likeness (QED) is 0.839. The van der Waals surface area contributed by atoms with E-state index in [-0.39, 0.29) is 22.5 Å². The van der Waals surface area contributed by atoms with Crippen molar-refractivity contribution >= 4 is 21.6 Å². The number of nitrogens with zero attached hydrogens (tertiary/aromatic N) is 1. The summed E-state index contributed by atoms with van der Waals surface area (Å²) in [6.45, 7) is 5.23. The zero-order valence-electron chi connectivity index (χ0n) is 14.2. The molecule has 1 N–H and O–H groups in total. The van der Waals surface area contributed by atoms with E-state index in [0.29, 0.717) is 38.4 Å². The third kappa shape index (κ3) is 4.46. The van der Waals surface area contributed by atoms with Crippen LogP contribution >= 0.6 is 0 Å². The minimum absolute atomic E-state index is 0.0502. The van der Waals surface area contributed by atoms with Gasteiger partial charge in [-0.05, 0) is 24.1 Å². The van der Waals surface area contributed by atoms with Gasteiger partial charge in [0.15, 0.2) is 0 Å². The number of ether oxygens (including phenoxy) is 2. The first kappa shape index (κ1) is 18.7. The molecule has 1 aromatic rings. The van der Waals surface area contributed by atoms with Gasteiger partial charge < -0.3 is 14.8 Å². The van der Waals surface area contributed by atoms with Gasteiger partial charge in [0.05, 0.1) is 20.3 Å². The van der Waals surface area contributed by atoms with Gasteiger partial charge in [-0.3, -0.25) is 4.79 Å². The molecule has 134 valence electrons. The van der Waals surface area contributed by atoms with Gasteiger partial charge in [0.1, 0.15) is 10.6 Å². The Bertz CT molecular complexity index is 682. The van der Waals surface area contributed by atoms with Crippen LogP contribution in [0.15, 0.2) is 23.1 Å². The predicted octanol–water partition coefficient (Wildman–Crippen LogP) is 1.70. The summed E-state index contributed by atoms with van der Waals surface area (Å²) in [6.07, 6.45) is 0.373. The highest BCUT2D eigenvalue weighted by atomic mass is 32.2. The molecule has 0 atom stereocenters. The molecule has 8 heteroatoms. The minimum atomic E-state index is -3.71. The van der Waals surface area contributed by atoms with Gasteiger partial charge in [-0.1, -0.05) is 13.8 Å². The molecule has 1 aliphatic rings. The molecule has 2 rings (SSSR count). The third-order valence-corrected chi connectivity index (χ3v) is 5.55. The second kappa shape index (κ2) is 7.96. The Morgan fingerprint density at radius 2 is 2.00 bits per heavy atom. The van der Waals surface area contributed by atoms with Crippen LogP contribution in [0.3, 0.4) is 0 Å². The SMILES string of the molecule is COc1ccc(NC(=O)CC(C)C)cc1S(=O)(=O)N1CCOCC1. The van der Waals surface area contributed by atoms with Crippen molar-refractivity contribution in [3.8, 4) is 5.75 Å². The number of sulfonamides is 1. The van der Waals surface area contributed by atoms with E-state index in [1.165, 1.54) is 17.5 Å². The lowest BCUT2D eigenvalue weighted by atomic mass is 10.1. The number of carbonyl (C=O) groups excluding carboxylic acids is 1. The summed E-state index contributed by atoms with van der Waals surface area (Å²) in [5.41, 5.74) is 0.438. The van der Waals surface area contributed by atoms with Crippen LogP contribution in [0.2, 0.25) is 0 Å². The van der Waals surface area contributed by atoms with E-state index in [2.05, 4.69) is 5.32 Å². The van der Waals surface area contributed by atoms with Gasteiger partial charge in [0.2, 0.25) is 15.9 Å². The second-order valence-corrected chi connectivity index (χ2v) is 7.93. The van der Waals surface area contributed by atoms with Crippen molar-refractivity contribution in [3.63, 3.8) is 0 Å². The number of nitrogens with one attached hydrogen (secondary N) is 1. The molecule has 1 amide bonds. The molecule has 0 saturated carbocycles. The number of morpholine rings is 1. The van der Waals surface area contributed by atoms with Crippen LogP contribution < -0.4 is 10.1 Å². The van der Waals surface area contributed by atoms with Crippen molar-refractivity contribution in [3.05, 3.63) is 18.2 Å². The molecule has 1 aliphatic heterocycles. The smallest absolute Gasteiger partial charge is 0.246 e. The maximum Gasteiger partial charge on any atom is 0.246 e. The molecule has 0 unspecified atom stereocenters. The molecule has 0 radical (unpaired) electrons. The van der Waals surface area contributed by atoms with Crippen LogP contribution in [0.1, 0.15) is 20.3 Å². The van der Waals surface area contributed by atoms with Gasteiger partial charge in [-0.25, -0.2) is 8.42 Å². The standard InChI is InChI=1S/C16H24N2O5S/c1-12(2)10-16(19)17-13-4-5-14(22-3)15(11-13)24(20,21)18-6-8-23-9-7-18/h4-5,11-12H,6-10H2,1-3H3,(H,17,19). The molecule has 0 aromatic heterocycles. The van der Waals surface area contributed by atoms with Gasteiger partial charge >= 0.3 is 0 Å². The van der Waals surface area contributed by atoms with Crippen LogP contribution in [0, 0.1) is 5.92 Å². The average molecular weight is 356 g/mol. The number of hydrogen-bond acceptors (Lipinski definition) is 5. The number of hydrogen-bond donors (Lipinski definition) is 1. The van der Waals surface area contributed by atoms with Crippen LogP contribution in [0.4, 0.5) is 5.69 Å². The normalized spacial score (nSPS) is 16.2. The summed E-state index contributed by atoms with van der Waals surface area (Å²) < 4.78 is 37.5. The van der Waals surface area contributed by atoms with E-state index in [9.17, 15) is 13.2 Å². The molecular weight excluding hydrogens is 332 g/mol. The number of rotatable bonds is 6. The topological polar surface area (TPSA) is 84.9 Å². The first-order valence-corrected chi connectivity index (χ1v) is 9.34. The van der Waals surface area contributed by atoms with E-state index < -0.39 is 10.0 Å². The fourth-order valence-electron chi connectivity index (χ4n) is 2.46. The lowest BCUT2D eigenvalue weighted by Crippen LogP contribution is -2.40. The van der Waals surface area contributed by atoms with Gasteiger partial charge in [-0.2, -0.15) is 4.31 Å². The highest BCUT2D eigenvalue weighted by molar-refractivity contribution is 7.89. The zero-order valence-corrected chi connectivity index (χ0v) is 15.1. The highest BCUT2D eigenvalue weighted by Gasteiger charge is 2.29. The minimum Gasteiger partial charge on any atom is -0.495 e. The summed E-state index contributed by atoms with van der Waals surface area (Å²) >= 11 is 0. The molecule has 1 aromatic carbocycles. The number of anilines is 1. The number of amides is 1. The molecule has 7 nitrogen and oxygen atoms in total. The molecule has 1 fully saturated rings. The maximum absolute atomic E-state index is 12.9. The first-order chi connectivity index (χ1) is 11.3. The maximum atomic E-state index is 12.9. The van der Waals surface area contributed by atoms with E-state index in [0.717, 1.165) is 0 Å². The summed E-state index contributed by atoms with van der Waals surface area (Å²) in [6, 6.07) is 4.63. The summed E-state index contributed by atoms with van der Waals surface area (Å²) in [5.74, 6) is 0.327. The predicted molar refractivity (Wildman–Crippen MR) is 90.7 cm³/mol. The van der Waals surface area contributed by atoms with Gasteiger partial charge in [0.25, 0.3) is 0 Å². The van der Waals surface area contributed by atoms with Gasteiger partial charge in [-0.15, -0.1) is 0 Å². The first-order valence-electron chi connectivity index (χ1n) is 7.90. The fraction of sp³-hybridized carbons (Fsp3) is 0.562. The fourth-order valence-corrected chi connectivity index (χ4v) is 4.05. The number of benzene rings is 1. The van der Waals surface area contributed by atoms with Crippen molar-refractivity contribution in [2.24, 2.45) is 5.92 Å². The van der Waals surface area contributed by atoms with Crippen LogP contribution in [-0.4, -0.2) is 52.0 Å². The lowest BCUT2D eigenvalue weighted by molar-refractivity contribution is -0.116. The van der Waals surface area contributed by atoms with E-state index in [4.69, 9.17) is 9.47 Å².